The van der Waals surface area contributed by atoms with Crippen LogP contribution in [0.4, 0.5) is 0 Å². The number of nitrogens with two attached hydrogens (primary N) is 1. The van der Waals surface area contributed by atoms with Crippen molar-refractivity contribution in [2.45, 2.75) is 25.4 Å². The van der Waals surface area contributed by atoms with Crippen LogP contribution >= 0.6 is 0 Å². The van der Waals surface area contributed by atoms with E-state index < -0.39 is 0 Å². The Kier molecular flexibility index (Phi) is 4.19. The third-order valence-corrected chi connectivity index (χ3v) is 2.73. The van der Waals surface area contributed by atoms with Crippen LogP contribution in [0.15, 0.2) is 24.3 Å². The van der Waals surface area contributed by atoms with E-state index in [-0.39, 0.29) is 6.10 Å². The fraction of sp³-hybridized carbons (Fsp3) is 0.538. The van der Waals surface area contributed by atoms with Crippen LogP contribution in [0.1, 0.15) is 18.4 Å². The van der Waals surface area contributed by atoms with Crippen LogP contribution in [0.2, 0.25) is 0 Å². The first-order chi connectivity index (χ1) is 7.88. The van der Waals surface area contributed by atoms with Gasteiger partial charge in [-0.25, -0.2) is 0 Å². The van der Waals surface area contributed by atoms with E-state index >= 15 is 0 Å². The molecular formula is C13H19NO2. The van der Waals surface area contributed by atoms with Gasteiger partial charge in [0, 0.05) is 0 Å². The first kappa shape index (κ1) is 11.4. The summed E-state index contributed by atoms with van der Waals surface area (Å²) in [6, 6.07) is 8.31. The van der Waals surface area contributed by atoms with Gasteiger partial charge in [-0.05, 0) is 43.5 Å². The van der Waals surface area contributed by atoms with Crippen molar-refractivity contribution in [3.05, 3.63) is 29.8 Å². The number of unbranched alkanes of at least 4 members (excludes halogenated alkanes) is 1. The number of benzene rings is 1. The molecule has 2 N–H and O–H groups in total. The monoisotopic (exact) mass is 221 g/mol. The van der Waals surface area contributed by atoms with Gasteiger partial charge in [0.15, 0.2) is 0 Å². The lowest BCUT2D eigenvalue weighted by molar-refractivity contribution is -0.0797. The Morgan fingerprint density at radius 2 is 2.19 bits per heavy atom. The summed E-state index contributed by atoms with van der Waals surface area (Å²) in [6.07, 6.45) is 3.56. The molecule has 1 aromatic carbocycles. The highest BCUT2D eigenvalue weighted by Crippen LogP contribution is 2.18. The molecule has 0 bridgehead atoms. The Hall–Kier alpha value is -1.06. The molecule has 0 saturated carbocycles. The summed E-state index contributed by atoms with van der Waals surface area (Å²) < 4.78 is 10.8. The van der Waals surface area contributed by atoms with Gasteiger partial charge in [-0.3, -0.25) is 0 Å². The summed E-state index contributed by atoms with van der Waals surface area (Å²) in [5, 5.41) is 0. The van der Waals surface area contributed by atoms with Crippen LogP contribution in [-0.4, -0.2) is 25.9 Å². The predicted molar refractivity (Wildman–Crippen MR) is 63.7 cm³/mol. The largest absolute Gasteiger partial charge is 0.486 e. The van der Waals surface area contributed by atoms with Gasteiger partial charge in [-0.2, -0.15) is 0 Å². The predicted octanol–water partition coefficient (Wildman–Crippen LogP) is 1.75. The van der Waals surface area contributed by atoms with Crippen LogP contribution in [-0.2, 0) is 11.2 Å². The normalized spacial score (nSPS) is 15.8. The summed E-state index contributed by atoms with van der Waals surface area (Å²) in [6.45, 7) is 2.21. The molecule has 1 aliphatic heterocycles. The zero-order valence-corrected chi connectivity index (χ0v) is 9.52. The number of aryl methyl sites for hydroxylation is 1. The molecule has 1 saturated heterocycles. The van der Waals surface area contributed by atoms with E-state index in [2.05, 4.69) is 12.1 Å². The highest BCUT2D eigenvalue weighted by Gasteiger charge is 2.19. The smallest absolute Gasteiger partial charge is 0.145 e. The Morgan fingerprint density at radius 3 is 2.88 bits per heavy atom. The van der Waals surface area contributed by atoms with Crippen molar-refractivity contribution in [3.63, 3.8) is 0 Å². The molecule has 1 aromatic rings. The van der Waals surface area contributed by atoms with Gasteiger partial charge in [-0.15, -0.1) is 0 Å². The van der Waals surface area contributed by atoms with Gasteiger partial charge >= 0.3 is 0 Å². The molecule has 0 spiro atoms. The summed E-state index contributed by atoms with van der Waals surface area (Å²) in [7, 11) is 0. The number of rotatable bonds is 6. The van der Waals surface area contributed by atoms with Gasteiger partial charge in [-0.1, -0.05) is 12.1 Å². The highest BCUT2D eigenvalue weighted by atomic mass is 16.6. The second-order valence-corrected chi connectivity index (χ2v) is 4.17. The van der Waals surface area contributed by atoms with Crippen molar-refractivity contribution in [1.82, 2.24) is 0 Å². The average Bonchev–Trinajstić information content (AvgIpc) is 2.25. The fourth-order valence-electron chi connectivity index (χ4n) is 1.72. The summed E-state index contributed by atoms with van der Waals surface area (Å²) in [5.41, 5.74) is 6.80. The minimum atomic E-state index is 0.249. The third kappa shape index (κ3) is 3.22. The number of hydrogen-bond donors (Lipinski definition) is 1. The van der Waals surface area contributed by atoms with Crippen molar-refractivity contribution in [1.29, 1.82) is 0 Å². The maximum Gasteiger partial charge on any atom is 0.145 e. The molecule has 2 rings (SSSR count). The highest BCUT2D eigenvalue weighted by molar-refractivity contribution is 5.28. The number of ether oxygens (including phenoxy) is 2. The lowest BCUT2D eigenvalue weighted by Gasteiger charge is -2.26. The molecule has 0 radical (unpaired) electrons. The Bertz CT molecular complexity index is 323. The standard InChI is InChI=1S/C13H19NO2/c14-7-2-1-4-11-5-3-6-12(8-11)16-13-9-15-10-13/h3,5-6,8,13H,1-2,4,7,9-10,14H2. The van der Waals surface area contributed by atoms with Gasteiger partial charge in [0.2, 0.25) is 0 Å². The molecule has 88 valence electrons. The lowest BCUT2D eigenvalue weighted by atomic mass is 10.1. The van der Waals surface area contributed by atoms with E-state index in [4.69, 9.17) is 15.2 Å². The van der Waals surface area contributed by atoms with E-state index in [1.807, 2.05) is 12.1 Å². The molecule has 1 heterocycles. The maximum atomic E-state index is 5.75. The lowest BCUT2D eigenvalue weighted by Crippen LogP contribution is -2.38. The molecule has 16 heavy (non-hydrogen) atoms. The minimum absolute atomic E-state index is 0.249. The molecule has 1 fully saturated rings. The Balaban J connectivity index is 1.85. The van der Waals surface area contributed by atoms with Gasteiger partial charge in [0.05, 0.1) is 13.2 Å². The van der Waals surface area contributed by atoms with Gasteiger partial charge < -0.3 is 15.2 Å². The second kappa shape index (κ2) is 5.87. The molecule has 0 aliphatic carbocycles. The fourth-order valence-corrected chi connectivity index (χ4v) is 1.72. The molecular weight excluding hydrogens is 202 g/mol. The summed E-state index contributed by atoms with van der Waals surface area (Å²) in [4.78, 5) is 0. The molecule has 1 aliphatic rings. The van der Waals surface area contributed by atoms with Gasteiger partial charge in [0.1, 0.15) is 11.9 Å². The van der Waals surface area contributed by atoms with Crippen molar-refractivity contribution >= 4 is 0 Å². The van der Waals surface area contributed by atoms with E-state index in [1.165, 1.54) is 5.56 Å². The van der Waals surface area contributed by atoms with Crippen LogP contribution < -0.4 is 10.5 Å². The topological polar surface area (TPSA) is 44.5 Å². The van der Waals surface area contributed by atoms with Crippen molar-refractivity contribution in [2.75, 3.05) is 19.8 Å². The molecule has 0 atom stereocenters. The van der Waals surface area contributed by atoms with Crippen LogP contribution in [0.25, 0.3) is 0 Å². The quantitative estimate of drug-likeness (QED) is 0.744. The van der Waals surface area contributed by atoms with E-state index in [0.29, 0.717) is 0 Å². The van der Waals surface area contributed by atoms with E-state index in [1.54, 1.807) is 0 Å². The summed E-state index contributed by atoms with van der Waals surface area (Å²) in [5.74, 6) is 0.957. The average molecular weight is 221 g/mol. The zero-order valence-electron chi connectivity index (χ0n) is 9.52. The molecule has 0 unspecified atom stereocenters. The molecule has 0 amide bonds. The zero-order chi connectivity index (χ0) is 11.2. The SMILES string of the molecule is NCCCCc1cccc(OC2COC2)c1. The second-order valence-electron chi connectivity index (χ2n) is 4.17. The molecule has 3 heteroatoms. The number of hydrogen-bond acceptors (Lipinski definition) is 3. The molecule has 3 nitrogen and oxygen atoms in total. The summed E-state index contributed by atoms with van der Waals surface area (Å²) >= 11 is 0. The van der Waals surface area contributed by atoms with Crippen molar-refractivity contribution in [3.8, 4) is 5.75 Å². The van der Waals surface area contributed by atoms with E-state index in [9.17, 15) is 0 Å². The van der Waals surface area contributed by atoms with Crippen LogP contribution in [0, 0.1) is 0 Å². The maximum absolute atomic E-state index is 5.75. The first-order valence-electron chi connectivity index (χ1n) is 5.92. The first-order valence-corrected chi connectivity index (χ1v) is 5.92. The van der Waals surface area contributed by atoms with Gasteiger partial charge in [0.25, 0.3) is 0 Å². The molecule has 0 aromatic heterocycles. The minimum Gasteiger partial charge on any atom is -0.486 e. The third-order valence-electron chi connectivity index (χ3n) is 2.73. The van der Waals surface area contributed by atoms with Crippen molar-refractivity contribution < 1.29 is 9.47 Å². The Labute approximate surface area is 96.5 Å². The van der Waals surface area contributed by atoms with E-state index in [0.717, 1.165) is 44.8 Å². The van der Waals surface area contributed by atoms with Crippen LogP contribution in [0.3, 0.4) is 0 Å². The van der Waals surface area contributed by atoms with Crippen molar-refractivity contribution in [2.24, 2.45) is 5.73 Å². The Morgan fingerprint density at radius 1 is 1.31 bits per heavy atom. The van der Waals surface area contributed by atoms with Crippen LogP contribution in [0.5, 0.6) is 5.75 Å².